The van der Waals surface area contributed by atoms with Crippen molar-refractivity contribution in [1.82, 2.24) is 9.88 Å². The first-order valence-electron chi connectivity index (χ1n) is 7.65. The molecule has 0 saturated carbocycles. The minimum atomic E-state index is -0.0809. The highest BCUT2D eigenvalue weighted by Crippen LogP contribution is 2.27. The van der Waals surface area contributed by atoms with E-state index in [2.05, 4.69) is 10.3 Å². The van der Waals surface area contributed by atoms with Gasteiger partial charge in [-0.25, -0.2) is 0 Å². The molecule has 1 aliphatic heterocycles. The lowest BCUT2D eigenvalue weighted by Gasteiger charge is -2.30. The van der Waals surface area contributed by atoms with E-state index in [9.17, 15) is 9.59 Å². The zero-order valence-electron chi connectivity index (χ0n) is 13.3. The van der Waals surface area contributed by atoms with E-state index < -0.39 is 0 Å². The van der Waals surface area contributed by atoms with Crippen LogP contribution in [0.2, 0.25) is 0 Å². The van der Waals surface area contributed by atoms with Gasteiger partial charge in [0.2, 0.25) is 5.91 Å². The second-order valence-corrected chi connectivity index (χ2v) is 5.79. The Morgan fingerprint density at radius 3 is 2.74 bits per heavy atom. The Hall–Kier alpha value is -2.69. The lowest BCUT2D eigenvalue weighted by atomic mass is 9.97. The molecule has 2 aromatic rings. The van der Waals surface area contributed by atoms with Crippen LogP contribution in [0.4, 0.5) is 5.69 Å². The van der Waals surface area contributed by atoms with Gasteiger partial charge in [0.05, 0.1) is 5.56 Å². The van der Waals surface area contributed by atoms with E-state index in [-0.39, 0.29) is 11.8 Å². The van der Waals surface area contributed by atoms with Gasteiger partial charge < -0.3 is 10.2 Å². The maximum absolute atomic E-state index is 12.6. The second kappa shape index (κ2) is 6.20. The predicted molar refractivity (Wildman–Crippen MR) is 88.2 cm³/mol. The molecule has 0 radical (unpaired) electrons. The number of hydrogen-bond acceptors (Lipinski definition) is 3. The highest BCUT2D eigenvalue weighted by Gasteiger charge is 2.23. The summed E-state index contributed by atoms with van der Waals surface area (Å²) in [4.78, 5) is 29.9. The van der Waals surface area contributed by atoms with Gasteiger partial charge >= 0.3 is 0 Å². The molecule has 5 heteroatoms. The van der Waals surface area contributed by atoms with Gasteiger partial charge in [0.15, 0.2) is 0 Å². The lowest BCUT2D eigenvalue weighted by Crippen LogP contribution is -2.36. The fourth-order valence-corrected chi connectivity index (χ4v) is 2.87. The van der Waals surface area contributed by atoms with Crippen LogP contribution in [-0.4, -0.2) is 28.2 Å². The van der Waals surface area contributed by atoms with Crippen molar-refractivity contribution in [1.29, 1.82) is 0 Å². The number of hydrogen-bond donors (Lipinski definition) is 1. The Morgan fingerprint density at radius 1 is 1.22 bits per heavy atom. The van der Waals surface area contributed by atoms with E-state index in [0.29, 0.717) is 18.7 Å². The normalized spacial score (nSPS) is 13.4. The first-order valence-corrected chi connectivity index (χ1v) is 7.65. The summed E-state index contributed by atoms with van der Waals surface area (Å²) < 4.78 is 0. The highest BCUT2D eigenvalue weighted by molar-refractivity contribution is 5.94. The molecule has 0 saturated heterocycles. The highest BCUT2D eigenvalue weighted by atomic mass is 16.2. The first-order chi connectivity index (χ1) is 11.0. The average Bonchev–Trinajstić information content (AvgIpc) is 2.54. The smallest absolute Gasteiger partial charge is 0.255 e. The minimum Gasteiger partial charge on any atom is -0.334 e. The van der Waals surface area contributed by atoms with Crippen LogP contribution in [0.15, 0.2) is 36.5 Å². The third-order valence-corrected chi connectivity index (χ3v) is 4.02. The largest absolute Gasteiger partial charge is 0.334 e. The van der Waals surface area contributed by atoms with Crippen LogP contribution < -0.4 is 5.32 Å². The van der Waals surface area contributed by atoms with Crippen molar-refractivity contribution in [2.24, 2.45) is 0 Å². The van der Waals surface area contributed by atoms with Gasteiger partial charge in [0.1, 0.15) is 0 Å². The molecule has 2 amide bonds. The van der Waals surface area contributed by atoms with Crippen molar-refractivity contribution in [3.8, 4) is 0 Å². The molecule has 0 unspecified atom stereocenters. The molecule has 1 N–H and O–H groups in total. The number of carbonyl (C=O) groups excluding carboxylic acids is 2. The third kappa shape index (κ3) is 3.23. The number of aryl methyl sites for hydroxylation is 1. The van der Waals surface area contributed by atoms with Gasteiger partial charge in [-0.15, -0.1) is 0 Å². The van der Waals surface area contributed by atoms with E-state index in [1.807, 2.05) is 42.2 Å². The second-order valence-electron chi connectivity index (χ2n) is 5.79. The van der Waals surface area contributed by atoms with Crippen molar-refractivity contribution in [2.45, 2.75) is 26.8 Å². The van der Waals surface area contributed by atoms with Crippen LogP contribution in [-0.2, 0) is 17.8 Å². The van der Waals surface area contributed by atoms with Gasteiger partial charge in [-0.05, 0) is 42.7 Å². The molecular weight excluding hydrogens is 290 g/mol. The molecule has 1 aliphatic rings. The van der Waals surface area contributed by atoms with Crippen molar-refractivity contribution in [3.63, 3.8) is 0 Å². The van der Waals surface area contributed by atoms with Crippen LogP contribution >= 0.6 is 0 Å². The van der Waals surface area contributed by atoms with Gasteiger partial charge in [-0.2, -0.15) is 0 Å². The number of aromatic nitrogens is 1. The summed E-state index contributed by atoms with van der Waals surface area (Å²) in [6.45, 7) is 4.59. The number of nitrogens with one attached hydrogen (secondary N) is 1. The number of nitrogens with zero attached hydrogens (tertiary/aromatic N) is 2. The molecule has 2 heterocycles. The zero-order chi connectivity index (χ0) is 16.4. The summed E-state index contributed by atoms with van der Waals surface area (Å²) in [5, 5.41) is 2.86. The standard InChI is InChI=1S/C18H19N3O2/c1-12-6-7-14(10-19-12)18(23)21-9-8-16-15(11-21)4-3-5-17(16)20-13(2)22/h3-7,10H,8-9,11H2,1-2H3,(H,20,22). The molecule has 0 fully saturated rings. The third-order valence-electron chi connectivity index (χ3n) is 4.02. The zero-order valence-corrected chi connectivity index (χ0v) is 13.3. The number of amides is 2. The van der Waals surface area contributed by atoms with E-state index in [1.165, 1.54) is 6.92 Å². The fraction of sp³-hybridized carbons (Fsp3) is 0.278. The summed E-state index contributed by atoms with van der Waals surface area (Å²) in [7, 11) is 0. The Bertz CT molecular complexity index is 753. The molecule has 0 spiro atoms. The predicted octanol–water partition coefficient (Wildman–Crippen LogP) is 2.55. The summed E-state index contributed by atoms with van der Waals surface area (Å²) >= 11 is 0. The molecular formula is C18H19N3O2. The summed E-state index contributed by atoms with van der Waals surface area (Å²) in [5.41, 5.74) is 4.55. The fourth-order valence-electron chi connectivity index (χ4n) is 2.87. The molecule has 0 atom stereocenters. The summed E-state index contributed by atoms with van der Waals surface area (Å²) in [5.74, 6) is -0.0873. The van der Waals surface area contributed by atoms with Gasteiger partial charge in [-0.1, -0.05) is 12.1 Å². The van der Waals surface area contributed by atoms with E-state index in [4.69, 9.17) is 0 Å². The monoisotopic (exact) mass is 309 g/mol. The molecule has 3 rings (SSSR count). The topological polar surface area (TPSA) is 62.3 Å². The van der Waals surface area contributed by atoms with Crippen LogP contribution in [0.1, 0.15) is 34.1 Å². The van der Waals surface area contributed by atoms with E-state index in [0.717, 1.165) is 28.9 Å². The lowest BCUT2D eigenvalue weighted by molar-refractivity contribution is -0.114. The molecule has 5 nitrogen and oxygen atoms in total. The number of benzene rings is 1. The van der Waals surface area contributed by atoms with Crippen LogP contribution in [0.3, 0.4) is 0 Å². The number of anilines is 1. The first kappa shape index (κ1) is 15.2. The molecule has 0 aliphatic carbocycles. The minimum absolute atomic E-state index is 0.00641. The van der Waals surface area contributed by atoms with Gasteiger partial charge in [-0.3, -0.25) is 14.6 Å². The molecule has 1 aromatic carbocycles. The average molecular weight is 309 g/mol. The van der Waals surface area contributed by atoms with Crippen molar-refractivity contribution in [2.75, 3.05) is 11.9 Å². The van der Waals surface area contributed by atoms with Crippen molar-refractivity contribution < 1.29 is 9.59 Å². The number of pyridine rings is 1. The quantitative estimate of drug-likeness (QED) is 0.927. The van der Waals surface area contributed by atoms with Gasteiger partial charge in [0, 0.05) is 37.6 Å². The Morgan fingerprint density at radius 2 is 2.04 bits per heavy atom. The number of carbonyl (C=O) groups is 2. The Labute approximate surface area is 135 Å². The van der Waals surface area contributed by atoms with E-state index >= 15 is 0 Å². The van der Waals surface area contributed by atoms with Crippen LogP contribution in [0.5, 0.6) is 0 Å². The van der Waals surface area contributed by atoms with Crippen LogP contribution in [0.25, 0.3) is 0 Å². The maximum atomic E-state index is 12.6. The Balaban J connectivity index is 1.81. The molecule has 1 aromatic heterocycles. The maximum Gasteiger partial charge on any atom is 0.255 e. The molecule has 118 valence electrons. The molecule has 23 heavy (non-hydrogen) atoms. The summed E-state index contributed by atoms with van der Waals surface area (Å²) in [6.07, 6.45) is 2.36. The number of rotatable bonds is 2. The van der Waals surface area contributed by atoms with Crippen LogP contribution in [0, 0.1) is 6.92 Å². The molecule has 0 bridgehead atoms. The van der Waals surface area contributed by atoms with E-state index in [1.54, 1.807) is 6.20 Å². The number of fused-ring (bicyclic) bond motifs is 1. The Kier molecular flexibility index (Phi) is 4.10. The van der Waals surface area contributed by atoms with Gasteiger partial charge in [0.25, 0.3) is 5.91 Å². The summed E-state index contributed by atoms with van der Waals surface area (Å²) in [6, 6.07) is 9.48. The SMILES string of the molecule is CC(=O)Nc1cccc2c1CCN(C(=O)c1ccc(C)nc1)C2. The van der Waals surface area contributed by atoms with Crippen molar-refractivity contribution >= 4 is 17.5 Å². The van der Waals surface area contributed by atoms with Crippen molar-refractivity contribution in [3.05, 3.63) is 58.9 Å².